The Morgan fingerprint density at radius 2 is 2.00 bits per heavy atom. The maximum atomic E-state index is 11.1. The zero-order valence-corrected chi connectivity index (χ0v) is 12.2. The molecule has 1 aromatic heterocycles. The predicted octanol–water partition coefficient (Wildman–Crippen LogP) is 2.00. The van der Waals surface area contributed by atoms with Crippen molar-refractivity contribution in [1.82, 2.24) is 14.8 Å². The van der Waals surface area contributed by atoms with Crippen LogP contribution in [0.3, 0.4) is 0 Å². The lowest BCUT2D eigenvalue weighted by molar-refractivity contribution is 0.607. The molecule has 2 rings (SSSR count). The summed E-state index contributed by atoms with van der Waals surface area (Å²) in [6.45, 7) is 2.70. The van der Waals surface area contributed by atoms with Crippen LogP contribution in [0, 0.1) is 4.77 Å². The fourth-order valence-corrected chi connectivity index (χ4v) is 2.56. The molecule has 1 aromatic carbocycles. The van der Waals surface area contributed by atoms with E-state index >= 15 is 0 Å². The number of anilines is 1. The highest BCUT2D eigenvalue weighted by Gasteiger charge is 2.08. The molecular weight excluding hydrogens is 284 g/mol. The van der Waals surface area contributed by atoms with Gasteiger partial charge in [0, 0.05) is 17.8 Å². The summed E-state index contributed by atoms with van der Waals surface area (Å²) in [6.07, 6.45) is 1.11. The second-order valence-corrected chi connectivity index (χ2v) is 6.18. The maximum Gasteiger partial charge on any atom is 0.229 e. The summed E-state index contributed by atoms with van der Waals surface area (Å²) in [7, 11) is -3.26. The number of H-pyrrole nitrogens is 1. The quantitative estimate of drug-likeness (QED) is 0.846. The lowest BCUT2D eigenvalue weighted by Gasteiger charge is -2.06. The number of benzene rings is 1. The summed E-state index contributed by atoms with van der Waals surface area (Å²) in [5.41, 5.74) is 1.39. The summed E-state index contributed by atoms with van der Waals surface area (Å²) in [5, 5.41) is 6.91. The second kappa shape index (κ2) is 5.14. The molecule has 0 unspecified atom stereocenters. The van der Waals surface area contributed by atoms with Crippen molar-refractivity contribution in [2.75, 3.05) is 11.0 Å². The van der Waals surface area contributed by atoms with E-state index in [0.717, 1.165) is 17.6 Å². The zero-order valence-electron chi connectivity index (χ0n) is 10.5. The SMILES string of the molecule is CCn1c(-c2ccc(NS(C)(=O)=O)cc2)n[nH]c1=S. The van der Waals surface area contributed by atoms with Crippen LogP contribution in [0.4, 0.5) is 5.69 Å². The minimum Gasteiger partial charge on any atom is -0.300 e. The van der Waals surface area contributed by atoms with Crippen molar-refractivity contribution < 1.29 is 8.42 Å². The highest BCUT2D eigenvalue weighted by atomic mass is 32.2. The molecule has 0 saturated carbocycles. The lowest BCUT2D eigenvalue weighted by Crippen LogP contribution is -2.09. The first-order valence-electron chi connectivity index (χ1n) is 5.64. The van der Waals surface area contributed by atoms with E-state index in [1.54, 1.807) is 24.3 Å². The number of nitrogens with one attached hydrogen (secondary N) is 2. The number of sulfonamides is 1. The van der Waals surface area contributed by atoms with E-state index in [-0.39, 0.29) is 0 Å². The Kier molecular flexibility index (Phi) is 3.72. The van der Waals surface area contributed by atoms with Crippen LogP contribution in [0.15, 0.2) is 24.3 Å². The monoisotopic (exact) mass is 298 g/mol. The molecule has 0 fully saturated rings. The van der Waals surface area contributed by atoms with E-state index in [2.05, 4.69) is 14.9 Å². The van der Waals surface area contributed by atoms with Crippen LogP contribution < -0.4 is 4.72 Å². The number of nitrogens with zero attached hydrogens (tertiary/aromatic N) is 2. The van der Waals surface area contributed by atoms with Gasteiger partial charge in [-0.25, -0.2) is 8.42 Å². The van der Waals surface area contributed by atoms with Gasteiger partial charge >= 0.3 is 0 Å². The number of hydrogen-bond donors (Lipinski definition) is 2. The summed E-state index contributed by atoms with van der Waals surface area (Å²) >= 11 is 5.12. The fraction of sp³-hybridized carbons (Fsp3) is 0.273. The molecule has 0 aliphatic rings. The molecule has 0 amide bonds. The topological polar surface area (TPSA) is 79.8 Å². The van der Waals surface area contributed by atoms with Crippen LogP contribution in [-0.4, -0.2) is 29.4 Å². The largest absolute Gasteiger partial charge is 0.300 e. The minimum atomic E-state index is -3.26. The van der Waals surface area contributed by atoms with Gasteiger partial charge in [0.05, 0.1) is 6.26 Å². The van der Waals surface area contributed by atoms with E-state index in [0.29, 0.717) is 17.0 Å². The van der Waals surface area contributed by atoms with Crippen molar-refractivity contribution in [3.63, 3.8) is 0 Å². The van der Waals surface area contributed by atoms with Crippen molar-refractivity contribution in [1.29, 1.82) is 0 Å². The Morgan fingerprint density at radius 3 is 2.53 bits per heavy atom. The normalized spacial score (nSPS) is 11.5. The van der Waals surface area contributed by atoms with Gasteiger partial charge in [-0.05, 0) is 43.4 Å². The predicted molar refractivity (Wildman–Crippen MR) is 77.0 cm³/mol. The average Bonchev–Trinajstić information content (AvgIpc) is 2.69. The van der Waals surface area contributed by atoms with Gasteiger partial charge < -0.3 is 4.57 Å². The van der Waals surface area contributed by atoms with Crippen molar-refractivity contribution in [3.8, 4) is 11.4 Å². The number of hydrogen-bond acceptors (Lipinski definition) is 4. The van der Waals surface area contributed by atoms with Crippen molar-refractivity contribution >= 4 is 27.9 Å². The van der Waals surface area contributed by atoms with Crippen molar-refractivity contribution in [3.05, 3.63) is 29.0 Å². The molecule has 2 aromatic rings. The lowest BCUT2D eigenvalue weighted by atomic mass is 10.2. The first-order chi connectivity index (χ1) is 8.90. The highest BCUT2D eigenvalue weighted by Crippen LogP contribution is 2.20. The fourth-order valence-electron chi connectivity index (χ4n) is 1.73. The van der Waals surface area contributed by atoms with Gasteiger partial charge in [-0.2, -0.15) is 5.10 Å². The van der Waals surface area contributed by atoms with Crippen molar-refractivity contribution in [2.45, 2.75) is 13.5 Å². The Balaban J connectivity index is 2.35. The molecule has 0 saturated heterocycles. The van der Waals surface area contributed by atoms with Crippen LogP contribution >= 0.6 is 12.2 Å². The summed E-state index contributed by atoms with van der Waals surface area (Å²) < 4.78 is 27.1. The smallest absolute Gasteiger partial charge is 0.229 e. The Labute approximate surface area is 116 Å². The molecule has 2 N–H and O–H groups in total. The first kappa shape index (κ1) is 13.8. The van der Waals surface area contributed by atoms with E-state index in [4.69, 9.17) is 12.2 Å². The summed E-state index contributed by atoms with van der Waals surface area (Å²) in [6, 6.07) is 6.97. The Bertz CT molecular complexity index is 729. The van der Waals surface area contributed by atoms with Crippen LogP contribution in [0.1, 0.15) is 6.92 Å². The van der Waals surface area contributed by atoms with Crippen LogP contribution in [0.5, 0.6) is 0 Å². The van der Waals surface area contributed by atoms with Crippen LogP contribution in [-0.2, 0) is 16.6 Å². The van der Waals surface area contributed by atoms with E-state index in [9.17, 15) is 8.42 Å². The Hall–Kier alpha value is -1.67. The van der Waals surface area contributed by atoms with Gasteiger partial charge in [0.25, 0.3) is 0 Å². The molecule has 0 spiro atoms. The third kappa shape index (κ3) is 3.21. The number of rotatable bonds is 4. The minimum absolute atomic E-state index is 0.517. The Morgan fingerprint density at radius 1 is 1.37 bits per heavy atom. The zero-order chi connectivity index (χ0) is 14.0. The van der Waals surface area contributed by atoms with Crippen LogP contribution in [0.2, 0.25) is 0 Å². The standard InChI is InChI=1S/C11H14N4O2S2/c1-3-15-10(12-13-11(15)18)8-4-6-9(7-5-8)14-19(2,16)17/h4-7,14H,3H2,1-2H3,(H,13,18). The molecule has 0 radical (unpaired) electrons. The third-order valence-electron chi connectivity index (χ3n) is 2.52. The molecular formula is C11H14N4O2S2. The highest BCUT2D eigenvalue weighted by molar-refractivity contribution is 7.92. The number of aromatic nitrogens is 3. The molecule has 0 aliphatic carbocycles. The van der Waals surface area contributed by atoms with Gasteiger partial charge in [0.15, 0.2) is 10.6 Å². The van der Waals surface area contributed by atoms with E-state index < -0.39 is 10.0 Å². The molecule has 1 heterocycles. The number of aromatic amines is 1. The van der Waals surface area contributed by atoms with Crippen LogP contribution in [0.25, 0.3) is 11.4 Å². The maximum absolute atomic E-state index is 11.1. The average molecular weight is 298 g/mol. The van der Waals surface area contributed by atoms with E-state index in [1.165, 1.54) is 0 Å². The third-order valence-corrected chi connectivity index (χ3v) is 3.44. The molecule has 0 bridgehead atoms. The summed E-state index contributed by atoms with van der Waals surface area (Å²) in [5.74, 6) is 0.735. The van der Waals surface area contributed by atoms with Gasteiger partial charge in [-0.1, -0.05) is 0 Å². The molecule has 8 heteroatoms. The molecule has 102 valence electrons. The first-order valence-corrected chi connectivity index (χ1v) is 7.94. The molecule has 0 atom stereocenters. The second-order valence-electron chi connectivity index (χ2n) is 4.05. The van der Waals surface area contributed by atoms with Crippen molar-refractivity contribution in [2.24, 2.45) is 0 Å². The molecule has 0 aliphatic heterocycles. The van der Waals surface area contributed by atoms with E-state index in [1.807, 2.05) is 11.5 Å². The van der Waals surface area contributed by atoms with Gasteiger partial charge in [0.1, 0.15) is 0 Å². The molecule has 19 heavy (non-hydrogen) atoms. The van der Waals surface area contributed by atoms with Gasteiger partial charge in [-0.3, -0.25) is 9.82 Å². The summed E-state index contributed by atoms with van der Waals surface area (Å²) in [4.78, 5) is 0. The molecule has 6 nitrogen and oxygen atoms in total. The van der Waals surface area contributed by atoms with Gasteiger partial charge in [-0.15, -0.1) is 0 Å². The van der Waals surface area contributed by atoms with Gasteiger partial charge in [0.2, 0.25) is 10.0 Å².